The Morgan fingerprint density at radius 1 is 1.33 bits per heavy atom. The molecule has 1 rings (SSSR count). The molecule has 1 aliphatic heterocycles. The fourth-order valence-electron chi connectivity index (χ4n) is 1.02. The van der Waals surface area contributed by atoms with E-state index in [0.717, 1.165) is 6.54 Å². The molecule has 0 aromatic carbocycles. The monoisotopic (exact) mass is 181 g/mol. The molecule has 0 aromatic heterocycles. The number of thioether (sulfide) groups is 1. The third-order valence-corrected chi connectivity index (χ3v) is 2.59. The lowest BCUT2D eigenvalue weighted by Gasteiger charge is -2.01. The summed E-state index contributed by atoms with van der Waals surface area (Å²) in [7, 11) is 1.99. The van der Waals surface area contributed by atoms with Gasteiger partial charge in [0.05, 0.1) is 0 Å². The summed E-state index contributed by atoms with van der Waals surface area (Å²) in [5.41, 5.74) is 0. The van der Waals surface area contributed by atoms with Crippen LogP contribution < -0.4 is 5.32 Å². The average molecular weight is 181 g/mol. The van der Waals surface area contributed by atoms with Crippen LogP contribution in [0, 0.1) is 0 Å². The van der Waals surface area contributed by atoms with Crippen LogP contribution in [-0.2, 0) is 0 Å². The van der Waals surface area contributed by atoms with E-state index in [2.05, 4.69) is 35.0 Å². The minimum atomic E-state index is 1.10. The number of hydrogen-bond donors (Lipinski definition) is 1. The van der Waals surface area contributed by atoms with Gasteiger partial charge < -0.3 is 5.32 Å². The molecule has 1 heterocycles. The Morgan fingerprint density at radius 3 is 3.08 bits per heavy atom. The van der Waals surface area contributed by atoms with E-state index in [1.165, 1.54) is 17.7 Å². The number of nitrogens with one attached hydrogen (secondary N) is 1. The Balaban J connectivity index is 2.26. The minimum absolute atomic E-state index is 1.10. The van der Waals surface area contributed by atoms with Crippen molar-refractivity contribution in [2.75, 3.05) is 13.6 Å². The molecule has 2 heteroatoms. The number of allylic oxidation sites excluding steroid dienone is 5. The van der Waals surface area contributed by atoms with Gasteiger partial charge in [0, 0.05) is 0 Å². The van der Waals surface area contributed by atoms with Crippen molar-refractivity contribution in [3.8, 4) is 0 Å². The van der Waals surface area contributed by atoms with E-state index in [4.69, 9.17) is 0 Å². The summed E-state index contributed by atoms with van der Waals surface area (Å²) >= 11 is 1.82. The third kappa shape index (κ3) is 3.79. The van der Waals surface area contributed by atoms with Crippen molar-refractivity contribution in [2.45, 2.75) is 12.8 Å². The van der Waals surface area contributed by atoms with Gasteiger partial charge in [0.15, 0.2) is 0 Å². The van der Waals surface area contributed by atoms with Crippen molar-refractivity contribution in [3.05, 3.63) is 34.6 Å². The maximum absolute atomic E-state index is 3.15. The first-order chi connectivity index (χ1) is 5.93. The standard InChI is InChI=1S/C10H15NS/c1-11-8-5-7-10-6-3-2-4-9-12-10/h2-4,6,9,11H,5,7-8H2,1H3. The van der Waals surface area contributed by atoms with Gasteiger partial charge in [0.25, 0.3) is 0 Å². The molecule has 0 unspecified atom stereocenters. The van der Waals surface area contributed by atoms with E-state index in [-0.39, 0.29) is 0 Å². The fourth-order valence-corrected chi connectivity index (χ4v) is 1.78. The van der Waals surface area contributed by atoms with E-state index in [0.29, 0.717) is 0 Å². The Hall–Kier alpha value is -0.470. The maximum Gasteiger partial charge on any atom is -0.00486 e. The van der Waals surface area contributed by atoms with Gasteiger partial charge in [-0.05, 0) is 36.7 Å². The second-order valence-electron chi connectivity index (χ2n) is 2.67. The molecule has 0 spiro atoms. The van der Waals surface area contributed by atoms with Crippen LogP contribution in [0.1, 0.15) is 12.8 Å². The first-order valence-electron chi connectivity index (χ1n) is 4.27. The molecule has 1 aliphatic rings. The normalized spacial score (nSPS) is 15.9. The zero-order valence-corrected chi connectivity index (χ0v) is 8.23. The molecule has 0 atom stereocenters. The Kier molecular flexibility index (Phi) is 4.88. The summed E-state index contributed by atoms with van der Waals surface area (Å²) in [4.78, 5) is 1.45. The zero-order chi connectivity index (χ0) is 8.65. The molecule has 0 aliphatic carbocycles. The summed E-state index contributed by atoms with van der Waals surface area (Å²) in [6, 6.07) is 0. The highest BCUT2D eigenvalue weighted by Gasteiger charge is 1.95. The van der Waals surface area contributed by atoms with Crippen molar-refractivity contribution in [1.82, 2.24) is 5.32 Å². The van der Waals surface area contributed by atoms with Gasteiger partial charge in [0.1, 0.15) is 0 Å². The first kappa shape index (κ1) is 9.62. The molecule has 0 saturated heterocycles. The quantitative estimate of drug-likeness (QED) is 0.669. The molecule has 0 amide bonds. The van der Waals surface area contributed by atoms with Gasteiger partial charge in [0.2, 0.25) is 0 Å². The smallest absolute Gasteiger partial charge is 0.00486 e. The molecule has 0 aromatic rings. The second-order valence-corrected chi connectivity index (χ2v) is 3.70. The van der Waals surface area contributed by atoms with Crippen LogP contribution in [0.3, 0.4) is 0 Å². The van der Waals surface area contributed by atoms with Crippen molar-refractivity contribution in [3.63, 3.8) is 0 Å². The van der Waals surface area contributed by atoms with Gasteiger partial charge >= 0.3 is 0 Å². The topological polar surface area (TPSA) is 12.0 Å². The van der Waals surface area contributed by atoms with Gasteiger partial charge in [-0.1, -0.05) is 24.3 Å². The fraction of sp³-hybridized carbons (Fsp3) is 0.400. The van der Waals surface area contributed by atoms with E-state index in [1.807, 2.05) is 18.8 Å². The molecule has 0 fully saturated rings. The van der Waals surface area contributed by atoms with Crippen LogP contribution in [0.5, 0.6) is 0 Å². The zero-order valence-electron chi connectivity index (χ0n) is 7.42. The molecular formula is C10H15NS. The lowest BCUT2D eigenvalue weighted by atomic mass is 10.3. The second kappa shape index (κ2) is 6.09. The van der Waals surface area contributed by atoms with Crippen molar-refractivity contribution in [2.24, 2.45) is 0 Å². The summed E-state index contributed by atoms with van der Waals surface area (Å²) in [5, 5.41) is 5.28. The van der Waals surface area contributed by atoms with Gasteiger partial charge in [-0.15, -0.1) is 11.8 Å². The van der Waals surface area contributed by atoms with Gasteiger partial charge in [-0.25, -0.2) is 0 Å². The third-order valence-electron chi connectivity index (χ3n) is 1.65. The van der Waals surface area contributed by atoms with E-state index < -0.39 is 0 Å². The summed E-state index contributed by atoms with van der Waals surface area (Å²) < 4.78 is 0. The SMILES string of the molecule is CNCCCC1=CC=CC=CS1. The summed E-state index contributed by atoms with van der Waals surface area (Å²) in [6.07, 6.45) is 10.8. The largest absolute Gasteiger partial charge is 0.320 e. The molecule has 1 nitrogen and oxygen atoms in total. The lowest BCUT2D eigenvalue weighted by molar-refractivity contribution is 0.732. The summed E-state index contributed by atoms with van der Waals surface area (Å²) in [5.74, 6) is 0. The number of rotatable bonds is 4. The predicted molar refractivity (Wildman–Crippen MR) is 57.1 cm³/mol. The molecule has 1 N–H and O–H groups in total. The Morgan fingerprint density at radius 2 is 2.25 bits per heavy atom. The summed E-state index contributed by atoms with van der Waals surface area (Å²) in [6.45, 7) is 1.10. The highest BCUT2D eigenvalue weighted by molar-refractivity contribution is 8.05. The lowest BCUT2D eigenvalue weighted by Crippen LogP contribution is -2.07. The van der Waals surface area contributed by atoms with Crippen LogP contribution in [-0.4, -0.2) is 13.6 Å². The predicted octanol–water partition coefficient (Wildman–Crippen LogP) is 2.69. The van der Waals surface area contributed by atoms with Crippen molar-refractivity contribution >= 4 is 11.8 Å². The molecule has 0 radical (unpaired) electrons. The van der Waals surface area contributed by atoms with E-state index in [9.17, 15) is 0 Å². The average Bonchev–Trinajstić information content (AvgIpc) is 2.33. The van der Waals surface area contributed by atoms with E-state index >= 15 is 0 Å². The highest BCUT2D eigenvalue weighted by Crippen LogP contribution is 2.23. The van der Waals surface area contributed by atoms with Gasteiger partial charge in [-0.2, -0.15) is 0 Å². The molecule has 0 bridgehead atoms. The minimum Gasteiger partial charge on any atom is -0.320 e. The molecular weight excluding hydrogens is 166 g/mol. The van der Waals surface area contributed by atoms with Crippen LogP contribution in [0.4, 0.5) is 0 Å². The van der Waals surface area contributed by atoms with Gasteiger partial charge in [-0.3, -0.25) is 0 Å². The highest BCUT2D eigenvalue weighted by atomic mass is 32.2. The van der Waals surface area contributed by atoms with Crippen LogP contribution >= 0.6 is 11.8 Å². The van der Waals surface area contributed by atoms with Crippen LogP contribution in [0.15, 0.2) is 34.6 Å². The first-order valence-corrected chi connectivity index (χ1v) is 5.15. The van der Waals surface area contributed by atoms with Crippen LogP contribution in [0.2, 0.25) is 0 Å². The Labute approximate surface area is 78.6 Å². The molecule has 0 saturated carbocycles. The molecule has 66 valence electrons. The van der Waals surface area contributed by atoms with Crippen molar-refractivity contribution in [1.29, 1.82) is 0 Å². The maximum atomic E-state index is 3.15. The van der Waals surface area contributed by atoms with Crippen LogP contribution in [0.25, 0.3) is 0 Å². The van der Waals surface area contributed by atoms with E-state index in [1.54, 1.807) is 0 Å². The number of hydrogen-bond acceptors (Lipinski definition) is 2. The Bertz CT molecular complexity index is 204. The van der Waals surface area contributed by atoms with Crippen molar-refractivity contribution < 1.29 is 0 Å². The molecule has 12 heavy (non-hydrogen) atoms.